The molecule has 0 radical (unpaired) electrons. The third kappa shape index (κ3) is 3.42. The number of hydrogen-bond donors (Lipinski definition) is 1. The van der Waals surface area contributed by atoms with Gasteiger partial charge in [0.25, 0.3) is 5.91 Å². The Balaban J connectivity index is 1.40. The van der Waals surface area contributed by atoms with Crippen LogP contribution in [0.2, 0.25) is 0 Å². The number of piperidine rings is 1. The van der Waals surface area contributed by atoms with E-state index in [2.05, 4.69) is 26.3 Å². The number of hydrogen-bond acceptors (Lipinski definition) is 5. The minimum Gasteiger partial charge on any atom is -0.356 e. The van der Waals surface area contributed by atoms with E-state index in [1.54, 1.807) is 11.3 Å². The van der Waals surface area contributed by atoms with E-state index < -0.39 is 0 Å². The zero-order chi connectivity index (χ0) is 18.1. The van der Waals surface area contributed by atoms with E-state index in [1.807, 2.05) is 43.5 Å². The lowest BCUT2D eigenvalue weighted by atomic mass is 10.0. The minimum absolute atomic E-state index is 0.0367. The summed E-state index contributed by atoms with van der Waals surface area (Å²) >= 11 is 1.62. The van der Waals surface area contributed by atoms with Gasteiger partial charge in [0, 0.05) is 46.4 Å². The number of anilines is 1. The van der Waals surface area contributed by atoms with E-state index in [-0.39, 0.29) is 11.9 Å². The third-order valence-corrected chi connectivity index (χ3v) is 5.80. The molecule has 1 amide bonds. The molecule has 0 bridgehead atoms. The molecule has 26 heavy (non-hydrogen) atoms. The standard InChI is InChI=1S/C20H22N4OS/c1-13-11-19(22-14(2)21-13)24-9-7-15(8-10-24)23-20(25)17-12-26-18-6-4-3-5-16(17)18/h3-6,11-12,15H,7-10H2,1-2H3,(H,23,25). The van der Waals surface area contributed by atoms with Crippen molar-refractivity contribution in [2.75, 3.05) is 18.0 Å². The van der Waals surface area contributed by atoms with Gasteiger partial charge in [-0.2, -0.15) is 0 Å². The SMILES string of the molecule is Cc1cc(N2CCC(NC(=O)c3csc4ccccc34)CC2)nc(C)n1. The van der Waals surface area contributed by atoms with Crippen LogP contribution in [0, 0.1) is 13.8 Å². The number of rotatable bonds is 3. The molecule has 4 rings (SSSR count). The lowest BCUT2D eigenvalue weighted by molar-refractivity contribution is 0.0933. The van der Waals surface area contributed by atoms with Gasteiger partial charge in [-0.25, -0.2) is 9.97 Å². The van der Waals surface area contributed by atoms with Crippen LogP contribution >= 0.6 is 11.3 Å². The van der Waals surface area contributed by atoms with Crippen LogP contribution in [0.5, 0.6) is 0 Å². The van der Waals surface area contributed by atoms with Crippen LogP contribution in [-0.2, 0) is 0 Å². The van der Waals surface area contributed by atoms with Gasteiger partial charge >= 0.3 is 0 Å². The first-order chi connectivity index (χ1) is 12.6. The number of amides is 1. The van der Waals surface area contributed by atoms with E-state index in [4.69, 9.17) is 0 Å². The molecule has 3 aromatic rings. The average Bonchev–Trinajstić information content (AvgIpc) is 3.06. The Labute approximate surface area is 157 Å². The topological polar surface area (TPSA) is 58.1 Å². The monoisotopic (exact) mass is 366 g/mol. The molecule has 1 fully saturated rings. The maximum atomic E-state index is 12.7. The first-order valence-corrected chi connectivity index (χ1v) is 9.82. The summed E-state index contributed by atoms with van der Waals surface area (Å²) in [6.45, 7) is 5.71. The highest BCUT2D eigenvalue weighted by atomic mass is 32.1. The second-order valence-electron chi connectivity index (χ2n) is 6.80. The zero-order valence-corrected chi connectivity index (χ0v) is 15.8. The summed E-state index contributed by atoms with van der Waals surface area (Å²) in [4.78, 5) is 23.9. The van der Waals surface area contributed by atoms with Gasteiger partial charge < -0.3 is 10.2 Å². The number of aromatic nitrogens is 2. The van der Waals surface area contributed by atoms with Gasteiger partial charge in [0.15, 0.2) is 0 Å². The highest BCUT2D eigenvalue weighted by Crippen LogP contribution is 2.26. The summed E-state index contributed by atoms with van der Waals surface area (Å²) in [5.74, 6) is 1.83. The van der Waals surface area contributed by atoms with Crippen molar-refractivity contribution in [3.63, 3.8) is 0 Å². The largest absolute Gasteiger partial charge is 0.356 e. The Bertz CT molecular complexity index is 924. The average molecular weight is 366 g/mol. The van der Waals surface area contributed by atoms with Gasteiger partial charge in [-0.3, -0.25) is 4.79 Å². The normalized spacial score (nSPS) is 15.4. The lowest BCUT2D eigenvalue weighted by Crippen LogP contribution is -2.45. The van der Waals surface area contributed by atoms with Crippen molar-refractivity contribution in [2.45, 2.75) is 32.7 Å². The fourth-order valence-electron chi connectivity index (χ4n) is 3.53. The smallest absolute Gasteiger partial charge is 0.252 e. The molecule has 0 aliphatic carbocycles. The van der Waals surface area contributed by atoms with Gasteiger partial charge in [-0.1, -0.05) is 18.2 Å². The Hall–Kier alpha value is -2.47. The van der Waals surface area contributed by atoms with Crippen molar-refractivity contribution in [3.05, 3.63) is 52.8 Å². The fourth-order valence-corrected chi connectivity index (χ4v) is 4.47. The molecule has 1 N–H and O–H groups in total. The van der Waals surface area contributed by atoms with Crippen LogP contribution in [0.15, 0.2) is 35.7 Å². The quantitative estimate of drug-likeness (QED) is 0.768. The first kappa shape index (κ1) is 17.0. The molecule has 0 atom stereocenters. The Morgan fingerprint density at radius 3 is 2.73 bits per heavy atom. The van der Waals surface area contributed by atoms with Crippen molar-refractivity contribution < 1.29 is 4.79 Å². The molecule has 2 aromatic heterocycles. The van der Waals surface area contributed by atoms with Crippen LogP contribution in [0.3, 0.4) is 0 Å². The molecule has 1 saturated heterocycles. The molecule has 1 aromatic carbocycles. The number of fused-ring (bicyclic) bond motifs is 1. The van der Waals surface area contributed by atoms with Gasteiger partial charge in [0.05, 0.1) is 5.56 Å². The van der Waals surface area contributed by atoms with E-state index in [1.165, 1.54) is 0 Å². The maximum absolute atomic E-state index is 12.7. The summed E-state index contributed by atoms with van der Waals surface area (Å²) in [6, 6.07) is 10.3. The minimum atomic E-state index is 0.0367. The second kappa shape index (κ2) is 7.03. The summed E-state index contributed by atoms with van der Waals surface area (Å²) in [6.07, 6.45) is 1.85. The molecule has 5 nitrogen and oxygen atoms in total. The number of carbonyl (C=O) groups excluding carboxylic acids is 1. The zero-order valence-electron chi connectivity index (χ0n) is 15.0. The highest BCUT2D eigenvalue weighted by molar-refractivity contribution is 7.17. The maximum Gasteiger partial charge on any atom is 0.252 e. The van der Waals surface area contributed by atoms with Gasteiger partial charge in [0.1, 0.15) is 11.6 Å². The van der Waals surface area contributed by atoms with Crippen LogP contribution in [-0.4, -0.2) is 35.0 Å². The van der Waals surface area contributed by atoms with E-state index in [0.717, 1.165) is 58.9 Å². The molecule has 3 heterocycles. The van der Waals surface area contributed by atoms with Gasteiger partial charge in [-0.15, -0.1) is 11.3 Å². The second-order valence-corrected chi connectivity index (χ2v) is 7.71. The third-order valence-electron chi connectivity index (χ3n) is 4.83. The Morgan fingerprint density at radius 2 is 1.96 bits per heavy atom. The molecular formula is C20H22N4OS. The van der Waals surface area contributed by atoms with Crippen molar-refractivity contribution in [3.8, 4) is 0 Å². The number of thiophene rings is 1. The summed E-state index contributed by atoms with van der Waals surface area (Å²) < 4.78 is 1.15. The van der Waals surface area contributed by atoms with E-state index in [9.17, 15) is 4.79 Å². The summed E-state index contributed by atoms with van der Waals surface area (Å²) in [5, 5.41) is 6.22. The predicted molar refractivity (Wildman–Crippen MR) is 106 cm³/mol. The van der Waals surface area contributed by atoms with E-state index >= 15 is 0 Å². The van der Waals surface area contributed by atoms with Crippen molar-refractivity contribution >= 4 is 33.1 Å². The predicted octanol–water partition coefficient (Wildman–Crippen LogP) is 3.71. The van der Waals surface area contributed by atoms with Crippen molar-refractivity contribution in [2.24, 2.45) is 0 Å². The highest BCUT2D eigenvalue weighted by Gasteiger charge is 2.23. The molecule has 0 spiro atoms. The summed E-state index contributed by atoms with van der Waals surface area (Å²) in [7, 11) is 0. The lowest BCUT2D eigenvalue weighted by Gasteiger charge is -2.33. The van der Waals surface area contributed by atoms with Crippen molar-refractivity contribution in [1.82, 2.24) is 15.3 Å². The van der Waals surface area contributed by atoms with Crippen molar-refractivity contribution in [1.29, 1.82) is 0 Å². The number of benzene rings is 1. The van der Waals surface area contributed by atoms with Gasteiger partial charge in [-0.05, 0) is 32.8 Å². The molecule has 134 valence electrons. The number of nitrogens with zero attached hydrogens (tertiary/aromatic N) is 3. The number of nitrogens with one attached hydrogen (secondary N) is 1. The van der Waals surface area contributed by atoms with Gasteiger partial charge in [0.2, 0.25) is 0 Å². The Morgan fingerprint density at radius 1 is 1.19 bits per heavy atom. The molecule has 1 aliphatic rings. The fraction of sp³-hybridized carbons (Fsp3) is 0.350. The molecule has 6 heteroatoms. The number of carbonyl (C=O) groups is 1. The van der Waals surface area contributed by atoms with Crippen LogP contribution in [0.4, 0.5) is 5.82 Å². The molecule has 0 saturated carbocycles. The van der Waals surface area contributed by atoms with Crippen LogP contribution in [0.1, 0.15) is 34.7 Å². The Kier molecular flexibility index (Phi) is 4.59. The first-order valence-electron chi connectivity index (χ1n) is 8.94. The molecule has 0 unspecified atom stereocenters. The molecular weight excluding hydrogens is 344 g/mol. The van der Waals surface area contributed by atoms with Crippen LogP contribution in [0.25, 0.3) is 10.1 Å². The van der Waals surface area contributed by atoms with E-state index in [0.29, 0.717) is 0 Å². The van der Waals surface area contributed by atoms with Crippen LogP contribution < -0.4 is 10.2 Å². The molecule has 1 aliphatic heterocycles. The number of aryl methyl sites for hydroxylation is 2. The summed E-state index contributed by atoms with van der Waals surface area (Å²) in [5.41, 5.74) is 1.78.